The van der Waals surface area contributed by atoms with Crippen LogP contribution in [0.4, 0.5) is 0 Å². The summed E-state index contributed by atoms with van der Waals surface area (Å²) in [4.78, 5) is 0. The zero-order chi connectivity index (χ0) is 15.7. The summed E-state index contributed by atoms with van der Waals surface area (Å²) in [5.74, 6) is 0. The maximum atomic E-state index is 3.34. The fourth-order valence-corrected chi connectivity index (χ4v) is 3.30. The van der Waals surface area contributed by atoms with Gasteiger partial charge in [-0.25, -0.2) is 0 Å². The number of benzene rings is 3. The van der Waals surface area contributed by atoms with Gasteiger partial charge in [0.05, 0.1) is 0 Å². The van der Waals surface area contributed by atoms with E-state index in [1.54, 1.807) is 0 Å². The molecule has 0 heterocycles. The van der Waals surface area contributed by atoms with E-state index in [4.69, 9.17) is 0 Å². The maximum Gasteiger partial charge on any atom is 2.00 e. The van der Waals surface area contributed by atoms with Crippen molar-refractivity contribution in [3.8, 4) is 22.3 Å². The van der Waals surface area contributed by atoms with Gasteiger partial charge in [-0.1, -0.05) is 69.8 Å². The molecule has 3 rings (SSSR count). The first-order valence-corrected chi connectivity index (χ1v) is 7.72. The number of halogens is 1. The molecular formula is C22H21BrMg. The van der Waals surface area contributed by atoms with Crippen LogP contribution in [0.5, 0.6) is 0 Å². The zero-order valence-electron chi connectivity index (χ0n) is 14.8. The van der Waals surface area contributed by atoms with Gasteiger partial charge in [-0.2, -0.15) is 24.3 Å². The van der Waals surface area contributed by atoms with Crippen molar-refractivity contribution in [1.29, 1.82) is 0 Å². The second-order valence-corrected chi connectivity index (χ2v) is 6.04. The topological polar surface area (TPSA) is 0 Å². The summed E-state index contributed by atoms with van der Waals surface area (Å²) in [6.07, 6.45) is 0. The number of hydrogen-bond donors (Lipinski definition) is 0. The van der Waals surface area contributed by atoms with Crippen molar-refractivity contribution in [2.24, 2.45) is 0 Å². The zero-order valence-corrected chi connectivity index (χ0v) is 17.8. The van der Waals surface area contributed by atoms with E-state index in [0.717, 1.165) is 0 Å². The summed E-state index contributed by atoms with van der Waals surface area (Å²) in [6, 6.07) is 22.7. The largest absolute Gasteiger partial charge is 2.00 e. The summed E-state index contributed by atoms with van der Waals surface area (Å²) in [5.41, 5.74) is 10.4. The van der Waals surface area contributed by atoms with Gasteiger partial charge in [0, 0.05) is 0 Å². The molecule has 3 aromatic carbocycles. The average molecular weight is 390 g/mol. The molecule has 0 N–H and O–H groups in total. The fourth-order valence-electron chi connectivity index (χ4n) is 3.30. The fraction of sp³-hybridized carbons (Fsp3) is 0.182. The van der Waals surface area contributed by atoms with Crippen molar-refractivity contribution in [1.82, 2.24) is 0 Å². The Morgan fingerprint density at radius 3 is 1.29 bits per heavy atom. The van der Waals surface area contributed by atoms with Crippen molar-refractivity contribution in [3.63, 3.8) is 0 Å². The Bertz CT molecular complexity index is 730. The Kier molecular flexibility index (Phi) is 7.72. The molecule has 0 aliphatic carbocycles. The van der Waals surface area contributed by atoms with Gasteiger partial charge in [-0.3, -0.25) is 0 Å². The SMILES string of the molecule is Cc1cccc(C)c1-c1c[c-]cc(-c2c(C)cccc2C)c1.[Br-].[Mg+2]. The third-order valence-corrected chi connectivity index (χ3v) is 4.33. The van der Waals surface area contributed by atoms with Gasteiger partial charge in [0.25, 0.3) is 0 Å². The van der Waals surface area contributed by atoms with Crippen molar-refractivity contribution in [3.05, 3.63) is 82.9 Å². The molecule has 0 bridgehead atoms. The molecule has 0 aromatic heterocycles. The van der Waals surface area contributed by atoms with E-state index in [1.807, 2.05) is 0 Å². The van der Waals surface area contributed by atoms with E-state index in [2.05, 4.69) is 88.4 Å². The Labute approximate surface area is 172 Å². The van der Waals surface area contributed by atoms with Gasteiger partial charge in [-0.05, 0) is 27.7 Å². The molecule has 0 nitrogen and oxygen atoms in total. The van der Waals surface area contributed by atoms with Crippen LogP contribution in [0.3, 0.4) is 0 Å². The van der Waals surface area contributed by atoms with Crippen LogP contribution in [-0.4, -0.2) is 23.1 Å². The molecule has 118 valence electrons. The first-order valence-electron chi connectivity index (χ1n) is 7.72. The second-order valence-electron chi connectivity index (χ2n) is 6.04. The number of hydrogen-bond acceptors (Lipinski definition) is 0. The van der Waals surface area contributed by atoms with E-state index in [-0.39, 0.29) is 40.0 Å². The molecule has 24 heavy (non-hydrogen) atoms. The van der Waals surface area contributed by atoms with Gasteiger partial charge < -0.3 is 17.0 Å². The molecule has 0 spiro atoms. The summed E-state index contributed by atoms with van der Waals surface area (Å²) >= 11 is 0. The molecule has 0 saturated carbocycles. The molecule has 0 radical (unpaired) electrons. The Morgan fingerprint density at radius 2 is 0.958 bits per heavy atom. The van der Waals surface area contributed by atoms with Crippen LogP contribution in [0.15, 0.2) is 54.6 Å². The van der Waals surface area contributed by atoms with Gasteiger partial charge in [0.2, 0.25) is 0 Å². The molecule has 3 aromatic rings. The van der Waals surface area contributed by atoms with E-state index < -0.39 is 0 Å². The van der Waals surface area contributed by atoms with Gasteiger partial charge >= 0.3 is 23.1 Å². The molecule has 0 unspecified atom stereocenters. The molecular weight excluding hydrogens is 368 g/mol. The quantitative estimate of drug-likeness (QED) is 0.467. The summed E-state index contributed by atoms with van der Waals surface area (Å²) in [6.45, 7) is 8.70. The van der Waals surface area contributed by atoms with Crippen LogP contribution in [0.2, 0.25) is 0 Å². The van der Waals surface area contributed by atoms with Crippen molar-refractivity contribution in [2.75, 3.05) is 0 Å². The predicted molar refractivity (Wildman–Crippen MR) is 101 cm³/mol. The van der Waals surface area contributed by atoms with E-state index in [9.17, 15) is 0 Å². The van der Waals surface area contributed by atoms with E-state index >= 15 is 0 Å². The van der Waals surface area contributed by atoms with Crippen LogP contribution in [-0.2, 0) is 0 Å². The van der Waals surface area contributed by atoms with E-state index in [1.165, 1.54) is 44.5 Å². The molecule has 0 amide bonds. The Hall–Kier alpha value is -1.09. The van der Waals surface area contributed by atoms with Crippen LogP contribution in [0.25, 0.3) is 22.3 Å². The van der Waals surface area contributed by atoms with Crippen molar-refractivity contribution in [2.45, 2.75) is 27.7 Å². The van der Waals surface area contributed by atoms with Gasteiger partial charge in [-0.15, -0.1) is 11.1 Å². The molecule has 0 saturated heterocycles. The van der Waals surface area contributed by atoms with Gasteiger partial charge in [0.1, 0.15) is 0 Å². The van der Waals surface area contributed by atoms with Crippen LogP contribution in [0, 0.1) is 33.8 Å². The first kappa shape index (κ1) is 20.9. The summed E-state index contributed by atoms with van der Waals surface area (Å²) in [5, 5.41) is 0. The summed E-state index contributed by atoms with van der Waals surface area (Å²) < 4.78 is 0. The molecule has 0 aliphatic heterocycles. The smallest absolute Gasteiger partial charge is 1.00 e. The Balaban J connectivity index is 0.00000144. The van der Waals surface area contributed by atoms with Gasteiger partial charge in [0.15, 0.2) is 0 Å². The normalized spacial score (nSPS) is 9.83. The molecule has 0 aliphatic rings. The number of rotatable bonds is 2. The minimum absolute atomic E-state index is 0. The minimum Gasteiger partial charge on any atom is -1.00 e. The minimum atomic E-state index is 0. The monoisotopic (exact) mass is 388 g/mol. The Morgan fingerprint density at radius 1 is 0.625 bits per heavy atom. The van der Waals surface area contributed by atoms with Crippen LogP contribution in [0.1, 0.15) is 22.3 Å². The first-order chi connectivity index (χ1) is 10.6. The summed E-state index contributed by atoms with van der Waals surface area (Å²) in [7, 11) is 0. The third-order valence-electron chi connectivity index (χ3n) is 4.33. The second kappa shape index (κ2) is 8.84. The van der Waals surface area contributed by atoms with Crippen molar-refractivity contribution >= 4 is 23.1 Å². The molecule has 2 heteroatoms. The molecule has 0 fully saturated rings. The van der Waals surface area contributed by atoms with E-state index in [0.29, 0.717) is 0 Å². The molecule has 0 atom stereocenters. The predicted octanol–water partition coefficient (Wildman–Crippen LogP) is 2.68. The maximum absolute atomic E-state index is 3.34. The van der Waals surface area contributed by atoms with Crippen molar-refractivity contribution < 1.29 is 17.0 Å². The third kappa shape index (κ3) is 4.11. The number of aryl methyl sites for hydroxylation is 4. The standard InChI is InChI=1S/C22H21.BrH.Mg/c1-15-8-5-9-16(2)21(15)19-12-7-13-20(14-19)22-17(3)10-6-11-18(22)4;;/h5-6,8-14H,1-4H3;1H;/q-1;;+2/p-1. The van der Waals surface area contributed by atoms with Crippen LogP contribution < -0.4 is 17.0 Å². The average Bonchev–Trinajstić information content (AvgIpc) is 2.47. The van der Waals surface area contributed by atoms with Crippen LogP contribution >= 0.6 is 0 Å².